The predicted octanol–water partition coefficient (Wildman–Crippen LogP) is 18.7. The molecule has 14 aliphatic rings. The van der Waals surface area contributed by atoms with E-state index in [-0.39, 0.29) is 34.5 Å². The molecule has 0 saturated heterocycles. The molecule has 4 spiro atoms. The van der Waals surface area contributed by atoms with Gasteiger partial charge in [-0.05, 0) is 302 Å². The highest BCUT2D eigenvalue weighted by molar-refractivity contribution is 7.00. The summed E-state index contributed by atoms with van der Waals surface area (Å²) in [7, 11) is 0. The van der Waals surface area contributed by atoms with Crippen molar-refractivity contribution < 1.29 is 9.47 Å². The van der Waals surface area contributed by atoms with Gasteiger partial charge in [0.25, 0.3) is 6.71 Å². The number of rotatable bonds is 2. The van der Waals surface area contributed by atoms with E-state index in [2.05, 4.69) is 169 Å². The minimum absolute atomic E-state index is 0.0250. The van der Waals surface area contributed by atoms with Gasteiger partial charge in [-0.25, -0.2) is 0 Å². The number of para-hydroxylation sites is 2. The highest BCUT2D eigenvalue weighted by Crippen LogP contribution is 2.74. The van der Waals surface area contributed by atoms with E-state index >= 15 is 0 Å². The van der Waals surface area contributed by atoms with Crippen LogP contribution < -0.4 is 26.2 Å². The lowest BCUT2D eigenvalue weighted by Crippen LogP contribution is -2.62. The Labute approximate surface area is 506 Å². The van der Waals surface area contributed by atoms with Crippen LogP contribution >= 0.6 is 0 Å². The molecule has 15 unspecified atom stereocenters. The summed E-state index contributed by atoms with van der Waals surface area (Å²) >= 11 is 0. The van der Waals surface area contributed by atoms with Crippen LogP contribution in [0.1, 0.15) is 213 Å². The minimum Gasteiger partial charge on any atom is -0.358 e. The largest absolute Gasteiger partial charge is 0.358 e. The summed E-state index contributed by atoms with van der Waals surface area (Å²) in [6.07, 6.45) is 22.6. The van der Waals surface area contributed by atoms with Gasteiger partial charge < -0.3 is 19.3 Å². The van der Waals surface area contributed by atoms with Crippen LogP contribution in [-0.2, 0) is 37.3 Å². The highest BCUT2D eigenvalue weighted by Gasteiger charge is 2.71. The van der Waals surface area contributed by atoms with Gasteiger partial charge in [0.05, 0.1) is 0 Å². The fourth-order valence-electron chi connectivity index (χ4n) is 24.9. The molecule has 5 heteroatoms. The molecule has 0 radical (unpaired) electrons. The third-order valence-corrected chi connectivity index (χ3v) is 27.1. The van der Waals surface area contributed by atoms with Crippen LogP contribution in [0.5, 0.6) is 0 Å². The number of ether oxygens (including phenoxy) is 2. The Balaban J connectivity index is 0.00000275. The Kier molecular flexibility index (Phi) is 11.9. The van der Waals surface area contributed by atoms with E-state index in [1.165, 1.54) is 165 Å². The van der Waals surface area contributed by atoms with Crippen LogP contribution in [0.4, 0.5) is 34.1 Å². The first-order valence-corrected chi connectivity index (χ1v) is 35.2. The topological polar surface area (TPSA) is 24.9 Å². The molecule has 5 aromatic carbocycles. The van der Waals surface area contributed by atoms with E-state index in [4.69, 9.17) is 9.47 Å². The molecule has 10 aliphatic carbocycles. The van der Waals surface area contributed by atoms with Crippen LogP contribution in [0.25, 0.3) is 0 Å². The number of anilines is 6. The van der Waals surface area contributed by atoms with Gasteiger partial charge in [0.1, 0.15) is 22.4 Å². The maximum absolute atomic E-state index is 8.80. The average molecular weight is 1120 g/mol. The molecule has 0 aromatic heterocycles. The summed E-state index contributed by atoms with van der Waals surface area (Å²) in [5.41, 5.74) is 19.1. The molecule has 4 nitrogen and oxygen atoms in total. The molecule has 5 aromatic rings. The third-order valence-electron chi connectivity index (χ3n) is 27.1. The molecule has 10 fully saturated rings. The summed E-state index contributed by atoms with van der Waals surface area (Å²) in [5, 5.41) is 0. The predicted molar refractivity (Wildman–Crippen MR) is 348 cm³/mol. The summed E-state index contributed by atoms with van der Waals surface area (Å²) < 4.78 is 17.6. The van der Waals surface area contributed by atoms with Crippen molar-refractivity contribution in [2.24, 2.45) is 94.7 Å². The number of fused-ring (bicyclic) bond motifs is 18. The van der Waals surface area contributed by atoms with Crippen molar-refractivity contribution in [3.05, 3.63) is 125 Å². The fourth-order valence-corrected chi connectivity index (χ4v) is 24.9. The second-order valence-corrected chi connectivity index (χ2v) is 33.1. The Morgan fingerprint density at radius 3 is 1.10 bits per heavy atom. The molecule has 440 valence electrons. The van der Waals surface area contributed by atoms with E-state index in [1.807, 2.05) is 13.8 Å². The smallest absolute Gasteiger partial charge is 0.252 e. The SMILES string of the molecule is CC.CC1CC2CC(C)C3(OC4(c5cc6c(cc53)B3c5cc7c(cc5N(c5ccccc5)c5cc(C(C)(C)C)cc(c53)N6c3ccccc3)C3(OC75C(C)CC6CC(C)CC5C6)C5CC6CC(C5)CC3C6)C(C)CC3CC(C)CC4C3)C(C1)C2. The zero-order chi connectivity index (χ0) is 57.3. The van der Waals surface area contributed by atoms with Gasteiger partial charge in [-0.15, -0.1) is 0 Å². The van der Waals surface area contributed by atoms with Gasteiger partial charge in [0, 0.05) is 34.1 Å². The van der Waals surface area contributed by atoms with Crippen LogP contribution in [0.2, 0.25) is 0 Å². The van der Waals surface area contributed by atoms with Crippen LogP contribution in [0.3, 0.4) is 0 Å². The Morgan fingerprint density at radius 2 is 0.714 bits per heavy atom. The summed E-state index contributed by atoms with van der Waals surface area (Å²) in [6.45, 7) is 27.1. The summed E-state index contributed by atoms with van der Waals surface area (Å²) in [4.78, 5) is 5.57. The minimum atomic E-state index is -0.310. The second-order valence-electron chi connectivity index (χ2n) is 33.1. The van der Waals surface area contributed by atoms with E-state index in [0.717, 1.165) is 47.3 Å². The number of nitrogens with zero attached hydrogens (tertiary/aromatic N) is 2. The zero-order valence-electron chi connectivity index (χ0n) is 53.3. The molecule has 4 aliphatic heterocycles. The number of hydrogen-bond donors (Lipinski definition) is 0. The van der Waals surface area contributed by atoms with Gasteiger partial charge in [-0.2, -0.15) is 0 Å². The monoisotopic (exact) mass is 1120 g/mol. The van der Waals surface area contributed by atoms with Crippen molar-refractivity contribution in [3.63, 3.8) is 0 Å². The van der Waals surface area contributed by atoms with E-state index in [0.29, 0.717) is 47.3 Å². The first-order chi connectivity index (χ1) is 40.5. The zero-order valence-corrected chi connectivity index (χ0v) is 53.3. The standard InChI is InChI=1S/C77H93BN2O2.C2H6/c1-43-20-49-26-46(4)74(55(23-43)30-49)62-39-66-68(41-64(62)76(81-74)48(6)28-51-22-45(3)25-57(76)32-51)79(60-16-12-10-13-17-60)70-37-54(73(7,8)9)38-71-72(70)78(66)67-40-63-65(42-69(67)80(71)61-18-14-11-15-19-61)77(58-33-52-29-53(35-58)36-59(77)34-52)82-75(63)47(5)27-50-21-44(2)24-56(75)31-50;1-2/h10-19,37-53,55-59H,20-36H2,1-9H3;1-2H3. The summed E-state index contributed by atoms with van der Waals surface area (Å²) in [6, 6.07) is 40.2. The molecule has 0 amide bonds. The van der Waals surface area contributed by atoms with Crippen molar-refractivity contribution in [1.82, 2.24) is 0 Å². The Morgan fingerprint density at radius 1 is 0.381 bits per heavy atom. The number of benzene rings is 5. The molecule has 4 heterocycles. The van der Waals surface area contributed by atoms with Crippen LogP contribution in [0.15, 0.2) is 97.1 Å². The van der Waals surface area contributed by atoms with E-state index < -0.39 is 0 Å². The Bertz CT molecular complexity index is 3410. The molecule has 19 rings (SSSR count). The van der Waals surface area contributed by atoms with Gasteiger partial charge >= 0.3 is 0 Å². The molecule has 15 atom stereocenters. The van der Waals surface area contributed by atoms with Crippen molar-refractivity contribution in [2.75, 3.05) is 9.80 Å². The molecule has 0 N–H and O–H groups in total. The van der Waals surface area contributed by atoms with Gasteiger partial charge in [-0.3, -0.25) is 0 Å². The maximum Gasteiger partial charge on any atom is 0.252 e. The third kappa shape index (κ3) is 7.10. The van der Waals surface area contributed by atoms with Crippen molar-refractivity contribution >= 4 is 57.2 Å². The Hall–Kier alpha value is -4.32. The van der Waals surface area contributed by atoms with E-state index in [1.54, 1.807) is 22.3 Å². The molecule has 84 heavy (non-hydrogen) atoms. The quantitative estimate of drug-likeness (QED) is 0.161. The normalized spacial score (nSPS) is 41.9. The second kappa shape index (κ2) is 18.6. The first-order valence-electron chi connectivity index (χ1n) is 35.2. The lowest BCUT2D eigenvalue weighted by atomic mass is 9.32. The molecular weight excluding hydrogens is 1020 g/mol. The lowest BCUT2D eigenvalue weighted by molar-refractivity contribution is -0.290. The van der Waals surface area contributed by atoms with Gasteiger partial charge in [-0.1, -0.05) is 125 Å². The summed E-state index contributed by atoms with van der Waals surface area (Å²) in [5.74, 6) is 10.5. The molecular formula is C79H99BN2O2. The van der Waals surface area contributed by atoms with Crippen molar-refractivity contribution in [2.45, 2.75) is 213 Å². The van der Waals surface area contributed by atoms with Crippen molar-refractivity contribution in [3.8, 4) is 0 Å². The maximum atomic E-state index is 8.80. The highest BCUT2D eigenvalue weighted by atomic mass is 16.5. The van der Waals surface area contributed by atoms with Crippen molar-refractivity contribution in [1.29, 1.82) is 0 Å². The van der Waals surface area contributed by atoms with Gasteiger partial charge in [0.15, 0.2) is 0 Å². The first kappa shape index (κ1) is 53.9. The molecule has 10 bridgehead atoms. The van der Waals surface area contributed by atoms with Gasteiger partial charge in [0.2, 0.25) is 0 Å². The van der Waals surface area contributed by atoms with E-state index in [9.17, 15) is 0 Å². The fraction of sp³-hybridized carbons (Fsp3) is 0.620. The lowest BCUT2D eigenvalue weighted by Gasteiger charge is -2.62. The van der Waals surface area contributed by atoms with Crippen LogP contribution in [0, 0.1) is 94.7 Å². The number of hydrogen-bond acceptors (Lipinski definition) is 4. The average Bonchev–Trinajstić information content (AvgIpc) is 1.44. The van der Waals surface area contributed by atoms with Crippen LogP contribution in [-0.4, -0.2) is 6.71 Å². The molecule has 10 saturated carbocycles.